The van der Waals surface area contributed by atoms with Gasteiger partial charge in [0.25, 0.3) is 0 Å². The summed E-state index contributed by atoms with van der Waals surface area (Å²) in [7, 11) is 0. The Bertz CT molecular complexity index is 146. The topological polar surface area (TPSA) is 77.8 Å². The van der Waals surface area contributed by atoms with Gasteiger partial charge in [-0.15, -0.1) is 27.2 Å². The minimum Gasteiger partial charge on any atom is -0.374 e. The molecular weight excluding hydrogens is 192 g/mol. The lowest BCUT2D eigenvalue weighted by atomic mass is 11.3. The maximum absolute atomic E-state index is 5.14. The van der Waals surface area contributed by atoms with Gasteiger partial charge in [-0.25, -0.2) is 0 Å². The summed E-state index contributed by atoms with van der Waals surface area (Å²) in [5.74, 6) is 0. The monoisotopic (exact) mass is 196 g/mol. The molecule has 0 unspecified atom stereocenters. The lowest BCUT2D eigenvalue weighted by molar-refractivity contribution is 1.11. The molecule has 8 heavy (non-hydrogen) atoms. The third-order valence-corrected chi connectivity index (χ3v) is 1.04. The number of hydrogen-bond donors (Lipinski definition) is 2. The van der Waals surface area contributed by atoms with Gasteiger partial charge in [-0.1, -0.05) is 11.3 Å². The Labute approximate surface area is 60.7 Å². The molecule has 0 spiro atoms. The van der Waals surface area contributed by atoms with Crippen LogP contribution in [0, 0.1) is 0 Å². The highest BCUT2D eigenvalue weighted by Crippen LogP contribution is 2.10. The Kier molecular flexibility index (Phi) is 2.70. The van der Waals surface area contributed by atoms with Crippen molar-refractivity contribution < 1.29 is 0 Å². The molecule has 4 nitrogen and oxygen atoms in total. The van der Waals surface area contributed by atoms with Gasteiger partial charge in [-0.05, 0) is 0 Å². The van der Waals surface area contributed by atoms with Crippen LogP contribution in [0.5, 0.6) is 0 Å². The van der Waals surface area contributed by atoms with Crippen molar-refractivity contribution >= 4 is 38.6 Å². The van der Waals surface area contributed by atoms with Gasteiger partial charge in [0.2, 0.25) is 10.3 Å². The van der Waals surface area contributed by atoms with Crippen LogP contribution in [0.4, 0.5) is 10.3 Å². The summed E-state index contributed by atoms with van der Waals surface area (Å²) in [4.78, 5) is 0. The second kappa shape index (κ2) is 2.83. The number of nitrogen functional groups attached to an aromatic ring is 2. The van der Waals surface area contributed by atoms with Gasteiger partial charge in [0.1, 0.15) is 0 Å². The molecule has 0 bridgehead atoms. The molecule has 1 aromatic heterocycles. The predicted octanol–water partition coefficient (Wildman–Crippen LogP) is 0.280. The SMILES string of the molecule is Br.Nc1nnc(N)s1. The summed E-state index contributed by atoms with van der Waals surface area (Å²) in [6.45, 7) is 0. The Hall–Kier alpha value is -0.360. The molecule has 0 fully saturated rings. The lowest BCUT2D eigenvalue weighted by Crippen LogP contribution is -1.81. The number of nitrogens with zero attached hydrogens (tertiary/aromatic N) is 2. The zero-order chi connectivity index (χ0) is 5.28. The van der Waals surface area contributed by atoms with Crippen LogP contribution in [0.3, 0.4) is 0 Å². The quantitative estimate of drug-likeness (QED) is 0.626. The van der Waals surface area contributed by atoms with E-state index in [4.69, 9.17) is 11.5 Å². The van der Waals surface area contributed by atoms with E-state index >= 15 is 0 Å². The number of hydrogen-bond acceptors (Lipinski definition) is 5. The van der Waals surface area contributed by atoms with Crippen molar-refractivity contribution in [1.82, 2.24) is 10.2 Å². The molecule has 4 N–H and O–H groups in total. The molecule has 1 rings (SSSR count). The first kappa shape index (κ1) is 7.64. The van der Waals surface area contributed by atoms with E-state index < -0.39 is 0 Å². The van der Waals surface area contributed by atoms with Gasteiger partial charge in [0.05, 0.1) is 0 Å². The molecule has 1 heterocycles. The molecule has 0 radical (unpaired) electrons. The number of anilines is 2. The number of halogens is 1. The maximum atomic E-state index is 5.14. The van der Waals surface area contributed by atoms with Gasteiger partial charge in [-0.3, -0.25) is 0 Å². The van der Waals surface area contributed by atoms with E-state index in [0.29, 0.717) is 10.3 Å². The fourth-order valence-corrected chi connectivity index (χ4v) is 0.624. The molecule has 0 aliphatic rings. The molecule has 0 atom stereocenters. The van der Waals surface area contributed by atoms with Crippen molar-refractivity contribution in [3.8, 4) is 0 Å². The molecule has 6 heteroatoms. The molecule has 0 saturated carbocycles. The van der Waals surface area contributed by atoms with E-state index in [1.165, 1.54) is 11.3 Å². The zero-order valence-electron chi connectivity index (χ0n) is 3.87. The second-order valence-electron chi connectivity index (χ2n) is 0.979. The van der Waals surface area contributed by atoms with Crippen LogP contribution in [-0.2, 0) is 0 Å². The maximum Gasteiger partial charge on any atom is 0.204 e. The Morgan fingerprint density at radius 3 is 1.62 bits per heavy atom. The molecule has 46 valence electrons. The smallest absolute Gasteiger partial charge is 0.204 e. The van der Waals surface area contributed by atoms with Crippen LogP contribution in [0.1, 0.15) is 0 Å². The standard InChI is InChI=1S/C2H4N4S.BrH/c3-1-5-6-2(4)7-1;/h(H2,3,5)(H2,4,6);1H. The molecule has 0 saturated heterocycles. The minimum atomic E-state index is 0. The third-order valence-electron chi connectivity index (χ3n) is 0.456. The predicted molar refractivity (Wildman–Crippen MR) is 39.1 cm³/mol. The van der Waals surface area contributed by atoms with Crippen LogP contribution in [0.2, 0.25) is 0 Å². The van der Waals surface area contributed by atoms with Crippen LogP contribution in [0.25, 0.3) is 0 Å². The van der Waals surface area contributed by atoms with E-state index in [0.717, 1.165) is 0 Å². The molecule has 0 aliphatic heterocycles. The fourth-order valence-electron chi connectivity index (χ4n) is 0.247. The van der Waals surface area contributed by atoms with Crippen molar-refractivity contribution in [2.75, 3.05) is 11.5 Å². The van der Waals surface area contributed by atoms with E-state index in [-0.39, 0.29) is 17.0 Å². The molecule has 0 aliphatic carbocycles. The lowest BCUT2D eigenvalue weighted by Gasteiger charge is -1.67. The van der Waals surface area contributed by atoms with Crippen LogP contribution in [0.15, 0.2) is 0 Å². The molecule has 1 aromatic rings. The van der Waals surface area contributed by atoms with Crippen molar-refractivity contribution in [3.05, 3.63) is 0 Å². The highest BCUT2D eigenvalue weighted by Gasteiger charge is 1.89. The average Bonchev–Trinajstić information content (AvgIpc) is 1.87. The van der Waals surface area contributed by atoms with Gasteiger partial charge in [0.15, 0.2) is 0 Å². The van der Waals surface area contributed by atoms with Crippen LogP contribution < -0.4 is 11.5 Å². The first-order chi connectivity index (χ1) is 3.29. The summed E-state index contributed by atoms with van der Waals surface area (Å²) < 4.78 is 0. The Morgan fingerprint density at radius 2 is 1.50 bits per heavy atom. The first-order valence-corrected chi connectivity index (χ1v) is 2.45. The third kappa shape index (κ3) is 1.63. The molecular formula is C2H5BrN4S. The second-order valence-corrected chi connectivity index (χ2v) is 2.02. The van der Waals surface area contributed by atoms with Gasteiger partial charge < -0.3 is 11.5 Å². The first-order valence-electron chi connectivity index (χ1n) is 1.63. The number of aromatic nitrogens is 2. The van der Waals surface area contributed by atoms with E-state index in [1.54, 1.807) is 0 Å². The van der Waals surface area contributed by atoms with Crippen molar-refractivity contribution in [2.45, 2.75) is 0 Å². The van der Waals surface area contributed by atoms with E-state index in [9.17, 15) is 0 Å². The minimum absolute atomic E-state index is 0. The van der Waals surface area contributed by atoms with Gasteiger partial charge in [-0.2, -0.15) is 0 Å². The zero-order valence-corrected chi connectivity index (χ0v) is 6.40. The normalized spacial score (nSPS) is 8.00. The number of nitrogens with two attached hydrogens (primary N) is 2. The largest absolute Gasteiger partial charge is 0.374 e. The number of rotatable bonds is 0. The van der Waals surface area contributed by atoms with Crippen molar-refractivity contribution in [3.63, 3.8) is 0 Å². The van der Waals surface area contributed by atoms with Crippen LogP contribution >= 0.6 is 28.3 Å². The molecule has 0 amide bonds. The molecule has 0 aromatic carbocycles. The summed E-state index contributed by atoms with van der Waals surface area (Å²) in [5.41, 5.74) is 10.3. The summed E-state index contributed by atoms with van der Waals surface area (Å²) in [5, 5.41) is 7.70. The van der Waals surface area contributed by atoms with Gasteiger partial charge >= 0.3 is 0 Å². The average molecular weight is 197 g/mol. The highest BCUT2D eigenvalue weighted by atomic mass is 79.9. The highest BCUT2D eigenvalue weighted by molar-refractivity contribution is 8.93. The fraction of sp³-hybridized carbons (Fsp3) is 0. The van der Waals surface area contributed by atoms with Crippen LogP contribution in [-0.4, -0.2) is 10.2 Å². The summed E-state index contributed by atoms with van der Waals surface area (Å²) in [6.07, 6.45) is 0. The van der Waals surface area contributed by atoms with Crippen molar-refractivity contribution in [1.29, 1.82) is 0 Å². The van der Waals surface area contributed by atoms with E-state index in [2.05, 4.69) is 10.2 Å². The Balaban J connectivity index is 0.000000490. The summed E-state index contributed by atoms with van der Waals surface area (Å²) in [6, 6.07) is 0. The van der Waals surface area contributed by atoms with E-state index in [1.807, 2.05) is 0 Å². The summed E-state index contributed by atoms with van der Waals surface area (Å²) >= 11 is 1.18. The van der Waals surface area contributed by atoms with Crippen molar-refractivity contribution in [2.24, 2.45) is 0 Å². The van der Waals surface area contributed by atoms with Gasteiger partial charge in [0, 0.05) is 0 Å². The Morgan fingerprint density at radius 1 is 1.12 bits per heavy atom.